The summed E-state index contributed by atoms with van der Waals surface area (Å²) in [4.78, 5) is 24.4. The van der Waals surface area contributed by atoms with Gasteiger partial charge in [-0.1, -0.05) is 47.1 Å². The Morgan fingerprint density at radius 3 is 2.36 bits per heavy atom. The highest BCUT2D eigenvalue weighted by Gasteiger charge is 2.29. The number of carbonyl (C=O) groups is 2. The van der Waals surface area contributed by atoms with Crippen LogP contribution in [0.1, 0.15) is 17.9 Å². The van der Waals surface area contributed by atoms with E-state index in [9.17, 15) is 14.9 Å². The van der Waals surface area contributed by atoms with Gasteiger partial charge in [-0.3, -0.25) is 9.59 Å². The van der Waals surface area contributed by atoms with Gasteiger partial charge in [0.15, 0.2) is 0 Å². The lowest BCUT2D eigenvalue weighted by Gasteiger charge is -2.25. The van der Waals surface area contributed by atoms with Crippen LogP contribution in [0.3, 0.4) is 0 Å². The average Bonchev–Trinajstić information content (AvgIpc) is 2.68. The minimum absolute atomic E-state index is 0.0523. The Hall–Kier alpha value is -2.46. The van der Waals surface area contributed by atoms with E-state index in [1.165, 1.54) is 0 Å². The Morgan fingerprint density at radius 1 is 1.14 bits per heavy atom. The number of amides is 2. The van der Waals surface area contributed by atoms with Crippen LogP contribution in [-0.4, -0.2) is 17.6 Å². The maximum Gasteiger partial charge on any atom is 0.234 e. The molecule has 0 radical (unpaired) electrons. The Bertz CT molecular complexity index is 966. The number of carbonyl (C=O) groups excluding carboxylic acids is 2. The number of nitrogens with zero attached hydrogens (tertiary/aromatic N) is 1. The van der Waals surface area contributed by atoms with E-state index in [1.807, 2.05) is 0 Å². The number of benzene rings is 2. The Labute approximate surface area is 176 Å². The fraction of sp³-hybridized carbons (Fsp3) is 0.150. The Morgan fingerprint density at radius 2 is 1.75 bits per heavy atom. The van der Waals surface area contributed by atoms with E-state index in [0.29, 0.717) is 26.3 Å². The fourth-order valence-corrected chi connectivity index (χ4v) is 3.91. The normalized spacial score (nSPS) is 16.3. The smallest absolute Gasteiger partial charge is 0.234 e. The van der Waals surface area contributed by atoms with Crippen molar-refractivity contribution in [1.82, 2.24) is 5.32 Å². The molecule has 1 heterocycles. The zero-order valence-electron chi connectivity index (χ0n) is 14.5. The van der Waals surface area contributed by atoms with Gasteiger partial charge in [0, 0.05) is 28.1 Å². The first-order valence-electron chi connectivity index (χ1n) is 8.34. The van der Waals surface area contributed by atoms with E-state index in [-0.39, 0.29) is 29.9 Å². The van der Waals surface area contributed by atoms with Crippen molar-refractivity contribution in [3.63, 3.8) is 0 Å². The lowest BCUT2D eigenvalue weighted by atomic mass is 9.87. The third kappa shape index (κ3) is 5.08. The zero-order valence-corrected chi connectivity index (χ0v) is 16.9. The molecule has 0 spiro atoms. The number of allylic oxidation sites excluding steroid dienone is 1. The molecule has 1 aliphatic heterocycles. The first-order chi connectivity index (χ1) is 13.5. The number of thioether (sulfide) groups is 1. The van der Waals surface area contributed by atoms with E-state index in [4.69, 9.17) is 23.2 Å². The Kier molecular flexibility index (Phi) is 6.63. The monoisotopic (exact) mass is 431 g/mol. The van der Waals surface area contributed by atoms with Gasteiger partial charge in [0.2, 0.25) is 11.8 Å². The third-order valence-corrected chi connectivity index (χ3v) is 5.63. The molecule has 2 aromatic rings. The van der Waals surface area contributed by atoms with Crippen molar-refractivity contribution in [2.24, 2.45) is 0 Å². The van der Waals surface area contributed by atoms with Gasteiger partial charge in [0.25, 0.3) is 0 Å². The molecular weight excluding hydrogens is 417 g/mol. The highest BCUT2D eigenvalue weighted by atomic mass is 35.5. The largest absolute Gasteiger partial charge is 0.325 e. The second kappa shape index (κ2) is 9.16. The molecule has 1 aliphatic rings. The van der Waals surface area contributed by atoms with E-state index in [1.54, 1.807) is 48.5 Å². The molecule has 5 nitrogen and oxygen atoms in total. The summed E-state index contributed by atoms with van der Waals surface area (Å²) in [6.45, 7) is 0. The molecule has 2 amide bonds. The van der Waals surface area contributed by atoms with E-state index >= 15 is 0 Å². The van der Waals surface area contributed by atoms with E-state index < -0.39 is 0 Å². The third-order valence-electron chi connectivity index (χ3n) is 4.10. The molecule has 0 fully saturated rings. The molecule has 8 heteroatoms. The number of hydrogen-bond donors (Lipinski definition) is 2. The molecule has 2 aromatic carbocycles. The predicted molar refractivity (Wildman–Crippen MR) is 112 cm³/mol. The molecular formula is C20H15Cl2N3O2S. The van der Waals surface area contributed by atoms with Crippen LogP contribution in [-0.2, 0) is 9.59 Å². The molecule has 3 rings (SSSR count). The van der Waals surface area contributed by atoms with Crippen LogP contribution in [0, 0.1) is 11.3 Å². The number of rotatable bonds is 5. The number of anilines is 1. The minimum atomic E-state index is -0.363. The summed E-state index contributed by atoms with van der Waals surface area (Å²) in [5.41, 5.74) is 1.89. The van der Waals surface area contributed by atoms with Gasteiger partial charge in [-0.05, 0) is 42.0 Å². The van der Waals surface area contributed by atoms with Gasteiger partial charge >= 0.3 is 0 Å². The topological polar surface area (TPSA) is 82.0 Å². The molecule has 0 saturated carbocycles. The standard InChI is InChI=1S/C20H15Cl2N3O2S/c21-13-3-1-12(2-4-13)16-9-18(26)25-20(17(16)10-23)28-11-19(27)24-15-7-5-14(22)6-8-15/h1-8,16H,9,11H2,(H,24,27)(H,25,26)/t16-/m0/s1. The van der Waals surface area contributed by atoms with Crippen LogP contribution in [0.2, 0.25) is 10.0 Å². The first kappa shape index (κ1) is 20.3. The predicted octanol–water partition coefficient (Wildman–Crippen LogP) is 4.70. The van der Waals surface area contributed by atoms with Crippen molar-refractivity contribution in [2.75, 3.05) is 11.1 Å². The van der Waals surface area contributed by atoms with Crippen molar-refractivity contribution >= 4 is 52.5 Å². The second-order valence-corrected chi connectivity index (χ2v) is 7.91. The lowest BCUT2D eigenvalue weighted by Crippen LogP contribution is -2.31. The van der Waals surface area contributed by atoms with Gasteiger partial charge in [-0.15, -0.1) is 0 Å². The van der Waals surface area contributed by atoms with Crippen molar-refractivity contribution in [3.05, 3.63) is 74.7 Å². The molecule has 0 unspecified atom stereocenters. The van der Waals surface area contributed by atoms with Gasteiger partial charge in [-0.25, -0.2) is 0 Å². The van der Waals surface area contributed by atoms with Crippen LogP contribution in [0.5, 0.6) is 0 Å². The van der Waals surface area contributed by atoms with Crippen molar-refractivity contribution in [1.29, 1.82) is 5.26 Å². The molecule has 0 saturated heterocycles. The summed E-state index contributed by atoms with van der Waals surface area (Å²) in [6.07, 6.45) is 0.172. The maximum absolute atomic E-state index is 12.2. The summed E-state index contributed by atoms with van der Waals surface area (Å²) in [6, 6.07) is 16.0. The molecule has 0 aliphatic carbocycles. The molecule has 0 bridgehead atoms. The van der Waals surface area contributed by atoms with Crippen LogP contribution in [0.4, 0.5) is 5.69 Å². The summed E-state index contributed by atoms with van der Waals surface area (Å²) >= 11 is 12.9. The fourth-order valence-electron chi connectivity index (χ4n) is 2.78. The SMILES string of the molecule is N#CC1=C(SCC(=O)Nc2ccc(Cl)cc2)NC(=O)C[C@H]1c1ccc(Cl)cc1. The van der Waals surface area contributed by atoms with Crippen molar-refractivity contribution in [3.8, 4) is 6.07 Å². The first-order valence-corrected chi connectivity index (χ1v) is 10.1. The number of nitrogens with one attached hydrogen (secondary N) is 2. The van der Waals surface area contributed by atoms with Crippen molar-refractivity contribution < 1.29 is 9.59 Å². The zero-order chi connectivity index (χ0) is 20.1. The van der Waals surface area contributed by atoms with Crippen LogP contribution in [0.25, 0.3) is 0 Å². The highest BCUT2D eigenvalue weighted by molar-refractivity contribution is 8.03. The maximum atomic E-state index is 12.2. The number of nitriles is 1. The van der Waals surface area contributed by atoms with Crippen LogP contribution < -0.4 is 10.6 Å². The molecule has 28 heavy (non-hydrogen) atoms. The average molecular weight is 432 g/mol. The van der Waals surface area contributed by atoms with Gasteiger partial charge in [0.1, 0.15) is 0 Å². The molecule has 2 N–H and O–H groups in total. The van der Waals surface area contributed by atoms with Crippen LogP contribution >= 0.6 is 35.0 Å². The van der Waals surface area contributed by atoms with Gasteiger partial charge < -0.3 is 10.6 Å². The van der Waals surface area contributed by atoms with Crippen molar-refractivity contribution in [2.45, 2.75) is 12.3 Å². The number of hydrogen-bond acceptors (Lipinski definition) is 4. The summed E-state index contributed by atoms with van der Waals surface area (Å²) < 4.78 is 0. The molecule has 142 valence electrons. The van der Waals surface area contributed by atoms with Gasteiger partial charge in [0.05, 0.1) is 22.4 Å². The van der Waals surface area contributed by atoms with Crippen LogP contribution in [0.15, 0.2) is 59.1 Å². The van der Waals surface area contributed by atoms with E-state index in [0.717, 1.165) is 17.3 Å². The summed E-state index contributed by atoms with van der Waals surface area (Å²) in [5, 5.41) is 16.7. The minimum Gasteiger partial charge on any atom is -0.325 e. The summed E-state index contributed by atoms with van der Waals surface area (Å²) in [5.74, 6) is -0.756. The molecule has 0 aromatic heterocycles. The molecule has 1 atom stereocenters. The second-order valence-electron chi connectivity index (χ2n) is 6.05. The highest BCUT2D eigenvalue weighted by Crippen LogP contribution is 2.36. The quantitative estimate of drug-likeness (QED) is 0.718. The van der Waals surface area contributed by atoms with Gasteiger partial charge in [-0.2, -0.15) is 5.26 Å². The Balaban J connectivity index is 1.73. The summed E-state index contributed by atoms with van der Waals surface area (Å²) in [7, 11) is 0. The number of halogens is 2. The van der Waals surface area contributed by atoms with E-state index in [2.05, 4.69) is 16.7 Å². The lowest BCUT2D eigenvalue weighted by molar-refractivity contribution is -0.121.